The first-order chi connectivity index (χ1) is 12.8. The van der Waals surface area contributed by atoms with Crippen molar-refractivity contribution in [1.29, 1.82) is 0 Å². The highest BCUT2D eigenvalue weighted by Crippen LogP contribution is 2.28. The Labute approximate surface area is 160 Å². The van der Waals surface area contributed by atoms with E-state index < -0.39 is 11.5 Å². The molecule has 1 aromatic heterocycles. The normalized spacial score (nSPS) is 11.1. The minimum atomic E-state index is -1.02. The third-order valence-electron chi connectivity index (χ3n) is 3.37. The number of carboxylic acid groups (broad SMARTS) is 1. The van der Waals surface area contributed by atoms with E-state index >= 15 is 0 Å². The zero-order chi connectivity index (χ0) is 20.0. The third kappa shape index (κ3) is 5.48. The van der Waals surface area contributed by atoms with Crippen LogP contribution < -0.4 is 15.0 Å². The predicted octanol–water partition coefficient (Wildman–Crippen LogP) is 2.00. The Morgan fingerprint density at radius 2 is 2.19 bits per heavy atom. The number of H-pyrrole nitrogens is 1. The Morgan fingerprint density at radius 3 is 2.81 bits per heavy atom. The zero-order valence-corrected chi connectivity index (χ0v) is 15.9. The van der Waals surface area contributed by atoms with Gasteiger partial charge in [-0.3, -0.25) is 14.7 Å². The summed E-state index contributed by atoms with van der Waals surface area (Å²) in [6, 6.07) is 5.21. The van der Waals surface area contributed by atoms with Crippen molar-refractivity contribution in [3.05, 3.63) is 44.6 Å². The SMILES string of the molecule is COc1ccc(/C=N\n2c(=S)[nH]nc(CCC(=O)O)c2=O)cc1OC(C)C. The van der Waals surface area contributed by atoms with Crippen molar-refractivity contribution < 1.29 is 19.4 Å². The van der Waals surface area contributed by atoms with Crippen molar-refractivity contribution >= 4 is 24.4 Å². The molecule has 0 atom stereocenters. The summed E-state index contributed by atoms with van der Waals surface area (Å²) in [5.74, 6) is 0.102. The number of ether oxygens (including phenoxy) is 2. The Hall–Kier alpha value is -3.01. The van der Waals surface area contributed by atoms with Gasteiger partial charge in [0, 0.05) is 6.42 Å². The number of rotatable bonds is 8. The summed E-state index contributed by atoms with van der Waals surface area (Å²) in [6.45, 7) is 3.80. The molecule has 0 aliphatic heterocycles. The van der Waals surface area contributed by atoms with Crippen LogP contribution in [0.2, 0.25) is 0 Å². The van der Waals surface area contributed by atoms with Gasteiger partial charge in [0.2, 0.25) is 4.77 Å². The predicted molar refractivity (Wildman–Crippen MR) is 101 cm³/mol. The molecule has 9 nitrogen and oxygen atoms in total. The van der Waals surface area contributed by atoms with Gasteiger partial charge in [-0.1, -0.05) is 0 Å². The Balaban J connectivity index is 2.35. The summed E-state index contributed by atoms with van der Waals surface area (Å²) in [4.78, 5) is 23.1. The van der Waals surface area contributed by atoms with Crippen molar-refractivity contribution in [3.63, 3.8) is 0 Å². The number of aryl methyl sites for hydroxylation is 1. The fraction of sp³-hybridized carbons (Fsp3) is 0.353. The lowest BCUT2D eigenvalue weighted by molar-refractivity contribution is -0.136. The van der Waals surface area contributed by atoms with Crippen LogP contribution in [0.25, 0.3) is 0 Å². The van der Waals surface area contributed by atoms with Gasteiger partial charge in [-0.2, -0.15) is 14.9 Å². The molecule has 10 heteroatoms. The van der Waals surface area contributed by atoms with Gasteiger partial charge in [0.25, 0.3) is 5.56 Å². The van der Waals surface area contributed by atoms with Gasteiger partial charge in [-0.15, -0.1) is 0 Å². The molecule has 0 aliphatic rings. The first-order valence-electron chi connectivity index (χ1n) is 8.13. The van der Waals surface area contributed by atoms with Crippen LogP contribution in [-0.4, -0.2) is 45.4 Å². The molecular formula is C17H20N4O5S. The van der Waals surface area contributed by atoms with Gasteiger partial charge in [0.05, 0.1) is 25.8 Å². The first-order valence-corrected chi connectivity index (χ1v) is 8.54. The van der Waals surface area contributed by atoms with Crippen LogP contribution in [0, 0.1) is 4.77 Å². The topological polar surface area (TPSA) is 119 Å². The maximum atomic E-state index is 12.4. The van der Waals surface area contributed by atoms with E-state index in [0.717, 1.165) is 4.68 Å². The lowest BCUT2D eigenvalue weighted by Gasteiger charge is -2.13. The monoisotopic (exact) mass is 392 g/mol. The van der Waals surface area contributed by atoms with Crippen LogP contribution in [0.1, 0.15) is 31.5 Å². The van der Waals surface area contributed by atoms with Crippen LogP contribution in [0.5, 0.6) is 11.5 Å². The summed E-state index contributed by atoms with van der Waals surface area (Å²) >= 11 is 5.04. The quantitative estimate of drug-likeness (QED) is 0.521. The molecule has 0 bridgehead atoms. The Bertz CT molecular complexity index is 965. The second-order valence-electron chi connectivity index (χ2n) is 5.81. The number of nitrogens with one attached hydrogen (secondary N) is 1. The molecule has 0 amide bonds. The summed E-state index contributed by atoms with van der Waals surface area (Å²) < 4.78 is 11.9. The van der Waals surface area contributed by atoms with Gasteiger partial charge in [-0.25, -0.2) is 0 Å². The minimum absolute atomic E-state index is 0.00231. The zero-order valence-electron chi connectivity index (χ0n) is 15.1. The van der Waals surface area contributed by atoms with Crippen LogP contribution in [0.15, 0.2) is 28.1 Å². The first kappa shape index (κ1) is 20.3. The second-order valence-corrected chi connectivity index (χ2v) is 6.19. The average molecular weight is 392 g/mol. The molecule has 0 spiro atoms. The fourth-order valence-corrected chi connectivity index (χ4v) is 2.34. The van der Waals surface area contributed by atoms with Gasteiger partial charge in [-0.05, 0) is 49.8 Å². The van der Waals surface area contributed by atoms with E-state index in [1.54, 1.807) is 25.3 Å². The molecular weight excluding hydrogens is 372 g/mol. The van der Waals surface area contributed by atoms with Crippen molar-refractivity contribution in [2.24, 2.45) is 5.10 Å². The summed E-state index contributed by atoms with van der Waals surface area (Å²) in [5, 5.41) is 19.2. The molecule has 0 aliphatic carbocycles. The number of benzene rings is 1. The van der Waals surface area contributed by atoms with Gasteiger partial charge in [0.15, 0.2) is 11.5 Å². The van der Waals surface area contributed by atoms with Gasteiger partial charge >= 0.3 is 5.97 Å². The molecule has 0 fully saturated rings. The largest absolute Gasteiger partial charge is 0.493 e. The van der Waals surface area contributed by atoms with E-state index in [2.05, 4.69) is 15.3 Å². The molecule has 1 heterocycles. The van der Waals surface area contributed by atoms with E-state index in [0.29, 0.717) is 17.1 Å². The van der Waals surface area contributed by atoms with E-state index in [1.807, 2.05) is 13.8 Å². The molecule has 0 saturated heterocycles. The number of nitrogens with zero attached hydrogens (tertiary/aromatic N) is 3. The molecule has 0 radical (unpaired) electrons. The molecule has 1 aromatic carbocycles. The number of aromatic nitrogens is 3. The number of methoxy groups -OCH3 is 1. The summed E-state index contributed by atoms with van der Waals surface area (Å²) in [7, 11) is 1.55. The Morgan fingerprint density at radius 1 is 1.44 bits per heavy atom. The molecule has 2 rings (SSSR count). The molecule has 144 valence electrons. The summed E-state index contributed by atoms with van der Waals surface area (Å²) in [6.07, 6.45) is 1.16. The third-order valence-corrected chi connectivity index (χ3v) is 3.63. The maximum absolute atomic E-state index is 12.4. The van der Waals surface area contributed by atoms with Crippen LogP contribution in [-0.2, 0) is 11.2 Å². The molecule has 0 unspecified atom stereocenters. The van der Waals surface area contributed by atoms with E-state index in [4.69, 9.17) is 26.8 Å². The number of carbonyl (C=O) groups is 1. The van der Waals surface area contributed by atoms with Crippen LogP contribution in [0.4, 0.5) is 0 Å². The number of hydrogen-bond donors (Lipinski definition) is 2. The summed E-state index contributed by atoms with van der Waals surface area (Å²) in [5.41, 5.74) is 0.141. The van der Waals surface area contributed by atoms with Crippen LogP contribution >= 0.6 is 12.2 Å². The fourth-order valence-electron chi connectivity index (χ4n) is 2.16. The lowest BCUT2D eigenvalue weighted by atomic mass is 10.2. The average Bonchev–Trinajstić information content (AvgIpc) is 2.60. The van der Waals surface area contributed by atoms with Crippen molar-refractivity contribution in [3.8, 4) is 11.5 Å². The van der Waals surface area contributed by atoms with E-state index in [-0.39, 0.29) is 29.4 Å². The van der Waals surface area contributed by atoms with Gasteiger partial charge in [0.1, 0.15) is 5.69 Å². The standard InChI is InChI=1S/C17H20N4O5S/c1-10(2)26-14-8-11(4-6-13(14)25-3)9-18-21-16(24)12(5-7-15(22)23)19-20-17(21)27/h4,6,8-10H,5,7H2,1-3H3,(H,20,27)(H,22,23)/b18-9-. The van der Waals surface area contributed by atoms with Crippen molar-refractivity contribution in [2.45, 2.75) is 32.8 Å². The maximum Gasteiger partial charge on any atom is 0.303 e. The number of carboxylic acids is 1. The highest BCUT2D eigenvalue weighted by atomic mass is 32.1. The minimum Gasteiger partial charge on any atom is -0.493 e. The highest BCUT2D eigenvalue weighted by Gasteiger charge is 2.10. The highest BCUT2D eigenvalue weighted by molar-refractivity contribution is 7.71. The second kappa shape index (κ2) is 9.08. The Kier molecular flexibility index (Phi) is 6.83. The number of hydrogen-bond acceptors (Lipinski definition) is 7. The number of aromatic amines is 1. The van der Waals surface area contributed by atoms with Gasteiger partial charge < -0.3 is 14.6 Å². The molecule has 2 aromatic rings. The van der Waals surface area contributed by atoms with Crippen LogP contribution in [0.3, 0.4) is 0 Å². The number of aliphatic carboxylic acids is 1. The molecule has 0 saturated carbocycles. The van der Waals surface area contributed by atoms with Crippen molar-refractivity contribution in [2.75, 3.05) is 7.11 Å². The lowest BCUT2D eigenvalue weighted by Crippen LogP contribution is -2.25. The van der Waals surface area contributed by atoms with Crippen molar-refractivity contribution in [1.82, 2.24) is 14.9 Å². The molecule has 2 N–H and O–H groups in total. The van der Waals surface area contributed by atoms with E-state index in [9.17, 15) is 9.59 Å². The smallest absolute Gasteiger partial charge is 0.303 e. The van der Waals surface area contributed by atoms with E-state index in [1.165, 1.54) is 6.21 Å². The molecule has 27 heavy (non-hydrogen) atoms.